The Kier molecular flexibility index (Phi) is 4.23. The smallest absolute Gasteiger partial charge is 0.168 e. The molecule has 0 fully saturated rings. The summed E-state index contributed by atoms with van der Waals surface area (Å²) >= 11 is 0. The monoisotopic (exact) mass is 217 g/mol. The van der Waals surface area contributed by atoms with E-state index in [2.05, 4.69) is 10.3 Å². The van der Waals surface area contributed by atoms with Gasteiger partial charge in [0.2, 0.25) is 0 Å². The molecule has 0 atom stereocenters. The Morgan fingerprint density at radius 1 is 1.47 bits per heavy atom. The first kappa shape index (κ1) is 11.6. The first-order valence-electron chi connectivity index (χ1n) is 4.58. The fraction of sp³-hybridized carbons (Fsp3) is 0.444. The molecular weight excluding hydrogens is 204 g/mol. The van der Waals surface area contributed by atoms with E-state index in [9.17, 15) is 8.78 Å². The van der Waals surface area contributed by atoms with Crippen LogP contribution in [0.15, 0.2) is 6.07 Å². The predicted molar refractivity (Wildman–Crippen MR) is 53.5 cm³/mol. The van der Waals surface area contributed by atoms with Gasteiger partial charge < -0.3 is 15.8 Å². The van der Waals surface area contributed by atoms with Gasteiger partial charge in [0.1, 0.15) is 0 Å². The summed E-state index contributed by atoms with van der Waals surface area (Å²) in [5, 5.41) is 2.66. The average molecular weight is 217 g/mol. The number of anilines is 2. The number of nitrogens with zero attached hydrogens (tertiary/aromatic N) is 1. The van der Waals surface area contributed by atoms with Crippen molar-refractivity contribution in [3.63, 3.8) is 0 Å². The van der Waals surface area contributed by atoms with Crippen LogP contribution in [0, 0.1) is 11.6 Å². The lowest BCUT2D eigenvalue weighted by atomic mass is 10.4. The normalized spacial score (nSPS) is 10.3. The maximum Gasteiger partial charge on any atom is 0.168 e. The van der Waals surface area contributed by atoms with Crippen molar-refractivity contribution in [1.82, 2.24) is 4.98 Å². The third kappa shape index (κ3) is 3.32. The number of pyridine rings is 1. The zero-order valence-corrected chi connectivity index (χ0v) is 8.39. The molecule has 15 heavy (non-hydrogen) atoms. The highest BCUT2D eigenvalue weighted by Gasteiger charge is 2.08. The highest BCUT2D eigenvalue weighted by molar-refractivity contribution is 5.44. The molecule has 1 heterocycles. The molecule has 0 saturated heterocycles. The molecule has 0 spiro atoms. The Bertz CT molecular complexity index is 333. The van der Waals surface area contributed by atoms with Gasteiger partial charge in [-0.2, -0.15) is 0 Å². The van der Waals surface area contributed by atoms with E-state index in [0.717, 1.165) is 0 Å². The molecule has 6 heteroatoms. The van der Waals surface area contributed by atoms with Crippen molar-refractivity contribution in [3.05, 3.63) is 17.7 Å². The Hall–Kier alpha value is -1.43. The molecule has 0 amide bonds. The highest BCUT2D eigenvalue weighted by Crippen LogP contribution is 2.15. The first-order chi connectivity index (χ1) is 7.15. The van der Waals surface area contributed by atoms with Gasteiger partial charge in [0.25, 0.3) is 0 Å². The van der Waals surface area contributed by atoms with Crippen LogP contribution in [0.3, 0.4) is 0 Å². The second kappa shape index (κ2) is 5.45. The third-order valence-corrected chi connectivity index (χ3v) is 1.70. The molecule has 4 nitrogen and oxygen atoms in total. The van der Waals surface area contributed by atoms with Crippen LogP contribution in [-0.4, -0.2) is 24.7 Å². The molecule has 0 aliphatic rings. The Balaban J connectivity index is 2.57. The molecule has 0 saturated carbocycles. The van der Waals surface area contributed by atoms with Crippen LogP contribution in [0.25, 0.3) is 0 Å². The van der Waals surface area contributed by atoms with E-state index >= 15 is 0 Å². The van der Waals surface area contributed by atoms with Crippen molar-refractivity contribution in [3.8, 4) is 0 Å². The number of hydrogen-bond donors (Lipinski definition) is 2. The van der Waals surface area contributed by atoms with E-state index in [0.29, 0.717) is 25.8 Å². The summed E-state index contributed by atoms with van der Waals surface area (Å²) < 4.78 is 30.8. The fourth-order valence-electron chi connectivity index (χ4n) is 0.991. The van der Waals surface area contributed by atoms with Crippen molar-refractivity contribution in [2.75, 3.05) is 30.8 Å². The number of rotatable bonds is 5. The standard InChI is InChI=1S/C9H13F2N3O/c1-2-15-4-3-13-9-7(11)5-6(10)8(12)14-9/h5H,2-4H2,1H3,(H3,12,13,14). The van der Waals surface area contributed by atoms with Crippen LogP contribution < -0.4 is 11.1 Å². The Labute approximate surface area is 86.4 Å². The number of aromatic nitrogens is 1. The molecule has 1 aromatic heterocycles. The molecule has 0 aliphatic heterocycles. The van der Waals surface area contributed by atoms with Gasteiger partial charge in [-0.05, 0) is 6.92 Å². The number of nitrogens with one attached hydrogen (secondary N) is 1. The maximum absolute atomic E-state index is 13.1. The Morgan fingerprint density at radius 2 is 2.20 bits per heavy atom. The van der Waals surface area contributed by atoms with E-state index in [-0.39, 0.29) is 11.6 Å². The molecule has 3 N–H and O–H groups in total. The largest absolute Gasteiger partial charge is 0.381 e. The minimum Gasteiger partial charge on any atom is -0.381 e. The number of halogens is 2. The summed E-state index contributed by atoms with van der Waals surface area (Å²) in [6, 6.07) is 0.700. The molecule has 1 rings (SSSR count). The number of ether oxygens (including phenoxy) is 1. The van der Waals surface area contributed by atoms with Crippen molar-refractivity contribution in [1.29, 1.82) is 0 Å². The highest BCUT2D eigenvalue weighted by atomic mass is 19.1. The summed E-state index contributed by atoms with van der Waals surface area (Å²) in [6.45, 7) is 3.26. The summed E-state index contributed by atoms with van der Waals surface area (Å²) in [5.74, 6) is -2.01. The lowest BCUT2D eigenvalue weighted by Gasteiger charge is -2.07. The number of nitrogen functional groups attached to an aromatic ring is 1. The summed E-state index contributed by atoms with van der Waals surface area (Å²) in [7, 11) is 0. The summed E-state index contributed by atoms with van der Waals surface area (Å²) in [6.07, 6.45) is 0. The van der Waals surface area contributed by atoms with Gasteiger partial charge in [0.05, 0.1) is 6.61 Å². The average Bonchev–Trinajstić information content (AvgIpc) is 2.20. The van der Waals surface area contributed by atoms with Crippen LogP contribution in [-0.2, 0) is 4.74 Å². The van der Waals surface area contributed by atoms with Gasteiger partial charge >= 0.3 is 0 Å². The van der Waals surface area contributed by atoms with E-state index in [1.807, 2.05) is 6.92 Å². The number of hydrogen-bond acceptors (Lipinski definition) is 4. The van der Waals surface area contributed by atoms with Crippen LogP contribution in [0.2, 0.25) is 0 Å². The topological polar surface area (TPSA) is 60.2 Å². The Morgan fingerprint density at radius 3 is 2.87 bits per heavy atom. The first-order valence-corrected chi connectivity index (χ1v) is 4.58. The van der Waals surface area contributed by atoms with Gasteiger partial charge in [-0.1, -0.05) is 0 Å². The fourth-order valence-corrected chi connectivity index (χ4v) is 0.991. The van der Waals surface area contributed by atoms with E-state index in [4.69, 9.17) is 10.5 Å². The van der Waals surface area contributed by atoms with E-state index in [1.54, 1.807) is 0 Å². The van der Waals surface area contributed by atoms with Crippen molar-refractivity contribution >= 4 is 11.6 Å². The quantitative estimate of drug-likeness (QED) is 0.732. The van der Waals surface area contributed by atoms with Crippen molar-refractivity contribution in [2.45, 2.75) is 6.92 Å². The van der Waals surface area contributed by atoms with Gasteiger partial charge in [-0.25, -0.2) is 13.8 Å². The van der Waals surface area contributed by atoms with Crippen LogP contribution >= 0.6 is 0 Å². The zero-order chi connectivity index (χ0) is 11.3. The molecule has 84 valence electrons. The SMILES string of the molecule is CCOCCNc1nc(N)c(F)cc1F. The van der Waals surface area contributed by atoms with Crippen LogP contribution in [0.4, 0.5) is 20.4 Å². The third-order valence-electron chi connectivity index (χ3n) is 1.70. The zero-order valence-electron chi connectivity index (χ0n) is 8.39. The maximum atomic E-state index is 13.1. The molecular formula is C9H13F2N3O. The van der Waals surface area contributed by atoms with Gasteiger partial charge in [-0.3, -0.25) is 0 Å². The van der Waals surface area contributed by atoms with E-state index < -0.39 is 11.6 Å². The van der Waals surface area contributed by atoms with Crippen molar-refractivity contribution < 1.29 is 13.5 Å². The molecule has 0 unspecified atom stereocenters. The molecule has 1 aromatic rings. The minimum absolute atomic E-state index is 0.0615. The lowest BCUT2D eigenvalue weighted by molar-refractivity contribution is 0.158. The second-order valence-corrected chi connectivity index (χ2v) is 2.81. The van der Waals surface area contributed by atoms with Crippen LogP contribution in [0.5, 0.6) is 0 Å². The molecule has 0 radical (unpaired) electrons. The molecule has 0 aromatic carbocycles. The molecule has 0 aliphatic carbocycles. The van der Waals surface area contributed by atoms with E-state index in [1.165, 1.54) is 0 Å². The van der Waals surface area contributed by atoms with Gasteiger partial charge in [-0.15, -0.1) is 0 Å². The molecule has 0 bridgehead atoms. The summed E-state index contributed by atoms with van der Waals surface area (Å²) in [5.41, 5.74) is 5.20. The van der Waals surface area contributed by atoms with Crippen molar-refractivity contribution in [2.24, 2.45) is 0 Å². The second-order valence-electron chi connectivity index (χ2n) is 2.81. The lowest BCUT2D eigenvalue weighted by Crippen LogP contribution is -2.12. The van der Waals surface area contributed by atoms with Crippen LogP contribution in [0.1, 0.15) is 6.92 Å². The van der Waals surface area contributed by atoms with Gasteiger partial charge in [0.15, 0.2) is 23.3 Å². The number of nitrogens with two attached hydrogens (primary N) is 1. The van der Waals surface area contributed by atoms with Gasteiger partial charge in [0, 0.05) is 19.2 Å². The predicted octanol–water partition coefficient (Wildman–Crippen LogP) is 1.39. The minimum atomic E-state index is -0.858. The summed E-state index contributed by atoms with van der Waals surface area (Å²) in [4.78, 5) is 3.53.